The van der Waals surface area contributed by atoms with E-state index in [2.05, 4.69) is 10.3 Å². The first kappa shape index (κ1) is 26.6. The second-order valence-electron chi connectivity index (χ2n) is 8.87. The number of hydrogen-bond donors (Lipinski definition) is 1. The number of nitrogens with zero attached hydrogens (tertiary/aromatic N) is 2. The quantitative estimate of drug-likeness (QED) is 0.336. The van der Waals surface area contributed by atoms with Crippen LogP contribution in [0.5, 0.6) is 0 Å². The summed E-state index contributed by atoms with van der Waals surface area (Å²) in [6, 6.07) is 24.1. The van der Waals surface area contributed by atoms with Crippen LogP contribution in [0.15, 0.2) is 96.0 Å². The third-order valence-corrected chi connectivity index (χ3v) is 6.26. The number of carbonyl (C=O) groups excluding carboxylic acids is 4. The second kappa shape index (κ2) is 12.2. The summed E-state index contributed by atoms with van der Waals surface area (Å²) >= 11 is 0. The summed E-state index contributed by atoms with van der Waals surface area (Å²) in [5.41, 5.74) is 0.806. The van der Waals surface area contributed by atoms with E-state index in [0.29, 0.717) is 5.56 Å². The van der Waals surface area contributed by atoms with Crippen molar-refractivity contribution in [3.63, 3.8) is 0 Å². The molecule has 2 aliphatic heterocycles. The van der Waals surface area contributed by atoms with Crippen LogP contribution in [0, 0.1) is 0 Å². The van der Waals surface area contributed by atoms with Crippen LogP contribution in [0.2, 0.25) is 0 Å². The van der Waals surface area contributed by atoms with Gasteiger partial charge in [0, 0.05) is 0 Å². The van der Waals surface area contributed by atoms with Crippen LogP contribution < -0.4 is 5.32 Å². The second-order valence-corrected chi connectivity index (χ2v) is 8.87. The van der Waals surface area contributed by atoms with Crippen molar-refractivity contribution in [2.75, 3.05) is 13.3 Å². The highest BCUT2D eigenvalue weighted by molar-refractivity contribution is 5.91. The van der Waals surface area contributed by atoms with Gasteiger partial charge in [-0.05, 0) is 36.4 Å². The van der Waals surface area contributed by atoms with Gasteiger partial charge in [0.15, 0.2) is 18.4 Å². The van der Waals surface area contributed by atoms with Crippen LogP contribution in [-0.4, -0.2) is 73.0 Å². The van der Waals surface area contributed by atoms with Crippen LogP contribution in [0.25, 0.3) is 0 Å². The van der Waals surface area contributed by atoms with Crippen LogP contribution >= 0.6 is 0 Å². The number of benzene rings is 3. The largest absolute Gasteiger partial charge is 0.459 e. The Morgan fingerprint density at radius 1 is 0.775 bits per heavy atom. The molecule has 0 aromatic heterocycles. The summed E-state index contributed by atoms with van der Waals surface area (Å²) in [6.45, 7) is -0.364. The van der Waals surface area contributed by atoms with E-state index in [1.165, 1.54) is 11.2 Å². The summed E-state index contributed by atoms with van der Waals surface area (Å²) in [7, 11) is 0. The number of rotatable bonds is 8. The summed E-state index contributed by atoms with van der Waals surface area (Å²) in [5, 5.41) is 2.82. The summed E-state index contributed by atoms with van der Waals surface area (Å²) in [5.74, 6) is -2.06. The van der Waals surface area contributed by atoms with Crippen molar-refractivity contribution >= 4 is 30.3 Å². The third-order valence-electron chi connectivity index (χ3n) is 6.26. The number of esters is 3. The fourth-order valence-electron chi connectivity index (χ4n) is 4.29. The third kappa shape index (κ3) is 6.00. The summed E-state index contributed by atoms with van der Waals surface area (Å²) in [6.07, 6.45) is -3.57. The molecule has 4 unspecified atom stereocenters. The first-order chi connectivity index (χ1) is 19.5. The van der Waals surface area contributed by atoms with E-state index in [-0.39, 0.29) is 24.4 Å². The van der Waals surface area contributed by atoms with Crippen LogP contribution in [0.4, 0.5) is 4.79 Å². The van der Waals surface area contributed by atoms with Crippen molar-refractivity contribution in [1.29, 1.82) is 0 Å². The van der Waals surface area contributed by atoms with Crippen molar-refractivity contribution in [1.82, 2.24) is 10.2 Å². The Morgan fingerprint density at radius 2 is 1.27 bits per heavy atom. The van der Waals surface area contributed by atoms with Gasteiger partial charge in [-0.1, -0.05) is 54.6 Å². The number of hydrogen-bond acceptors (Lipinski definition) is 9. The molecule has 1 N–H and O–H groups in total. The van der Waals surface area contributed by atoms with E-state index in [4.69, 9.17) is 18.9 Å². The van der Waals surface area contributed by atoms with Gasteiger partial charge >= 0.3 is 23.9 Å². The van der Waals surface area contributed by atoms with Crippen LogP contribution in [0.3, 0.4) is 0 Å². The van der Waals surface area contributed by atoms with Gasteiger partial charge in [-0.15, -0.1) is 0 Å². The molecule has 5 rings (SSSR count). The average Bonchev–Trinajstić information content (AvgIpc) is 3.33. The molecule has 1 saturated heterocycles. The Labute approximate surface area is 229 Å². The zero-order valence-corrected chi connectivity index (χ0v) is 21.1. The number of nitrogens with one attached hydrogen (secondary N) is 1. The highest BCUT2D eigenvalue weighted by Gasteiger charge is 2.53. The minimum absolute atomic E-state index is 0.0116. The number of carbonyl (C=O) groups is 4. The Balaban J connectivity index is 1.45. The number of urea groups is 1. The lowest BCUT2D eigenvalue weighted by Crippen LogP contribution is -2.53. The van der Waals surface area contributed by atoms with E-state index < -0.39 is 48.5 Å². The molecule has 40 heavy (non-hydrogen) atoms. The topological polar surface area (TPSA) is 133 Å². The minimum atomic E-state index is -1.28. The fourth-order valence-corrected chi connectivity index (χ4v) is 4.29. The maximum Gasteiger partial charge on any atom is 0.348 e. The fraction of sp³-hybridized carbons (Fsp3) is 0.207. The number of ether oxygens (including phenoxy) is 4. The molecule has 11 heteroatoms. The van der Waals surface area contributed by atoms with Gasteiger partial charge in [0.05, 0.1) is 29.7 Å². The molecule has 0 bridgehead atoms. The van der Waals surface area contributed by atoms with E-state index in [1.54, 1.807) is 91.0 Å². The molecule has 2 amide bonds. The lowest BCUT2D eigenvalue weighted by molar-refractivity contribution is -0.0855. The van der Waals surface area contributed by atoms with E-state index in [9.17, 15) is 19.2 Å². The number of aliphatic imine (C=N–C) groups is 1. The van der Waals surface area contributed by atoms with Gasteiger partial charge in [-0.3, -0.25) is 4.90 Å². The normalized spacial score (nSPS) is 21.8. The van der Waals surface area contributed by atoms with Crippen LogP contribution in [0.1, 0.15) is 31.1 Å². The lowest BCUT2D eigenvalue weighted by atomic mass is 10.1. The molecule has 2 aliphatic rings. The zero-order valence-electron chi connectivity index (χ0n) is 21.1. The summed E-state index contributed by atoms with van der Waals surface area (Å²) in [4.78, 5) is 56.5. The Bertz CT molecular complexity index is 1380. The van der Waals surface area contributed by atoms with Gasteiger partial charge < -0.3 is 24.3 Å². The minimum Gasteiger partial charge on any atom is -0.459 e. The highest BCUT2D eigenvalue weighted by Crippen LogP contribution is 2.31. The molecule has 0 radical (unpaired) electrons. The standard InChI is InChI=1S/C29H25N3O8/c33-26(19-10-4-1-5-11-19)37-16-22-23(39-27(34)20-12-6-2-7-13-20)24(40-28(35)21-14-8-3-9-15-21)25(38-22)32-18-30-17-31-29(32)36/h1-15,17,22-25H,16,18H2,(H,30,31,36). The van der Waals surface area contributed by atoms with E-state index in [1.807, 2.05) is 0 Å². The predicted molar refractivity (Wildman–Crippen MR) is 140 cm³/mol. The van der Waals surface area contributed by atoms with Gasteiger partial charge in [-0.2, -0.15) is 4.99 Å². The molecule has 4 atom stereocenters. The van der Waals surface area contributed by atoms with Gasteiger partial charge in [0.1, 0.15) is 12.7 Å². The molecule has 0 saturated carbocycles. The molecule has 3 aromatic rings. The monoisotopic (exact) mass is 543 g/mol. The Hall–Kier alpha value is -5.03. The predicted octanol–water partition coefficient (Wildman–Crippen LogP) is 3.03. The van der Waals surface area contributed by atoms with E-state index >= 15 is 0 Å². The smallest absolute Gasteiger partial charge is 0.348 e. The first-order valence-corrected chi connectivity index (χ1v) is 12.5. The molecular formula is C29H25N3O8. The molecule has 0 spiro atoms. The zero-order chi connectivity index (χ0) is 27.9. The van der Waals surface area contributed by atoms with Crippen LogP contribution in [-0.2, 0) is 18.9 Å². The lowest BCUT2D eigenvalue weighted by Gasteiger charge is -2.32. The molecule has 204 valence electrons. The molecule has 1 fully saturated rings. The number of amides is 2. The maximum absolute atomic E-state index is 13.1. The van der Waals surface area contributed by atoms with Crippen molar-refractivity contribution in [2.24, 2.45) is 4.99 Å². The molecule has 11 nitrogen and oxygen atoms in total. The van der Waals surface area contributed by atoms with E-state index in [0.717, 1.165) is 0 Å². The molecule has 2 heterocycles. The molecule has 3 aromatic carbocycles. The van der Waals surface area contributed by atoms with Crippen molar-refractivity contribution in [2.45, 2.75) is 24.5 Å². The average molecular weight is 544 g/mol. The van der Waals surface area contributed by atoms with Gasteiger partial charge in [0.2, 0.25) is 0 Å². The van der Waals surface area contributed by atoms with Gasteiger partial charge in [-0.25, -0.2) is 19.2 Å². The SMILES string of the molecule is O=C(OCC1OC(N2CNC=NC2=O)C(OC(=O)c2ccccc2)C1OC(=O)c1ccccc1)c1ccccc1. The van der Waals surface area contributed by atoms with Crippen molar-refractivity contribution in [3.05, 3.63) is 108 Å². The van der Waals surface area contributed by atoms with Crippen molar-refractivity contribution in [3.8, 4) is 0 Å². The molecular weight excluding hydrogens is 518 g/mol. The Morgan fingerprint density at radius 3 is 1.80 bits per heavy atom. The Kier molecular flexibility index (Phi) is 8.12. The molecule has 0 aliphatic carbocycles. The highest BCUT2D eigenvalue weighted by atomic mass is 16.7. The first-order valence-electron chi connectivity index (χ1n) is 12.5. The van der Waals surface area contributed by atoms with Gasteiger partial charge in [0.25, 0.3) is 0 Å². The maximum atomic E-state index is 13.1. The van der Waals surface area contributed by atoms with Crippen molar-refractivity contribution < 1.29 is 38.1 Å². The summed E-state index contributed by atoms with van der Waals surface area (Å²) < 4.78 is 23.3.